The van der Waals surface area contributed by atoms with Crippen LogP contribution in [0.4, 0.5) is 5.82 Å². The van der Waals surface area contributed by atoms with Gasteiger partial charge in [0.1, 0.15) is 23.8 Å². The molecule has 0 radical (unpaired) electrons. The van der Waals surface area contributed by atoms with Gasteiger partial charge in [-0.2, -0.15) is 0 Å². The molecule has 2 rings (SSSR count). The standard InChI is InChI=1S/C12H18N4O/c1-6(2)4-8-7(3)14-12(13)11-10(8)15-9(5-17)16-11/h6,17H,4-5H2,1-3H3,(H2,13,14)(H,15,16). The van der Waals surface area contributed by atoms with Crippen LogP contribution in [0.2, 0.25) is 0 Å². The van der Waals surface area contributed by atoms with Crippen molar-refractivity contribution in [1.29, 1.82) is 0 Å². The number of imidazole rings is 1. The zero-order valence-electron chi connectivity index (χ0n) is 10.4. The van der Waals surface area contributed by atoms with Crippen molar-refractivity contribution in [2.75, 3.05) is 5.73 Å². The van der Waals surface area contributed by atoms with Gasteiger partial charge >= 0.3 is 0 Å². The molecule has 0 aliphatic rings. The summed E-state index contributed by atoms with van der Waals surface area (Å²) in [5, 5.41) is 9.12. The van der Waals surface area contributed by atoms with Crippen LogP contribution in [0.1, 0.15) is 30.9 Å². The average molecular weight is 234 g/mol. The molecule has 0 fully saturated rings. The number of aromatic nitrogens is 3. The number of aryl methyl sites for hydroxylation is 1. The van der Waals surface area contributed by atoms with Crippen LogP contribution in [0.25, 0.3) is 11.0 Å². The summed E-state index contributed by atoms with van der Waals surface area (Å²) in [4.78, 5) is 11.7. The first-order chi connectivity index (χ1) is 8.02. The molecule has 17 heavy (non-hydrogen) atoms. The van der Waals surface area contributed by atoms with Gasteiger partial charge in [-0.05, 0) is 19.3 Å². The summed E-state index contributed by atoms with van der Waals surface area (Å²) >= 11 is 0. The van der Waals surface area contributed by atoms with Crippen molar-refractivity contribution in [1.82, 2.24) is 15.0 Å². The number of aromatic amines is 1. The van der Waals surface area contributed by atoms with E-state index in [1.807, 2.05) is 6.92 Å². The van der Waals surface area contributed by atoms with E-state index in [0.717, 1.165) is 28.7 Å². The molecule has 0 amide bonds. The molecule has 2 aromatic heterocycles. The van der Waals surface area contributed by atoms with Crippen molar-refractivity contribution in [3.05, 3.63) is 17.1 Å². The number of fused-ring (bicyclic) bond motifs is 1. The summed E-state index contributed by atoms with van der Waals surface area (Å²) in [5.41, 5.74) is 9.46. The summed E-state index contributed by atoms with van der Waals surface area (Å²) in [7, 11) is 0. The first-order valence-corrected chi connectivity index (χ1v) is 5.77. The van der Waals surface area contributed by atoms with E-state index < -0.39 is 0 Å². The molecular weight excluding hydrogens is 216 g/mol. The molecule has 0 aliphatic heterocycles. The quantitative estimate of drug-likeness (QED) is 0.751. The number of H-pyrrole nitrogens is 1. The van der Waals surface area contributed by atoms with Gasteiger partial charge < -0.3 is 15.8 Å². The van der Waals surface area contributed by atoms with E-state index in [1.54, 1.807) is 0 Å². The van der Waals surface area contributed by atoms with Gasteiger partial charge in [0.25, 0.3) is 0 Å². The Labute approximate surface area is 100 Å². The van der Waals surface area contributed by atoms with Crippen LogP contribution in [-0.4, -0.2) is 20.1 Å². The topological polar surface area (TPSA) is 87.8 Å². The fraction of sp³-hybridized carbons (Fsp3) is 0.500. The number of pyridine rings is 1. The highest BCUT2D eigenvalue weighted by atomic mass is 16.3. The third-order valence-corrected chi connectivity index (χ3v) is 2.78. The molecule has 0 aliphatic carbocycles. The molecule has 4 N–H and O–H groups in total. The molecule has 0 saturated carbocycles. The molecule has 2 heterocycles. The van der Waals surface area contributed by atoms with E-state index in [0.29, 0.717) is 17.6 Å². The lowest BCUT2D eigenvalue weighted by Gasteiger charge is -2.09. The van der Waals surface area contributed by atoms with Gasteiger partial charge in [0.2, 0.25) is 0 Å². The van der Waals surface area contributed by atoms with Crippen molar-refractivity contribution in [3.63, 3.8) is 0 Å². The second-order valence-corrected chi connectivity index (χ2v) is 4.72. The predicted molar refractivity (Wildman–Crippen MR) is 67.5 cm³/mol. The molecule has 0 unspecified atom stereocenters. The van der Waals surface area contributed by atoms with Crippen LogP contribution in [0.3, 0.4) is 0 Å². The average Bonchev–Trinajstić information content (AvgIpc) is 2.68. The number of anilines is 1. The Morgan fingerprint density at radius 3 is 2.65 bits per heavy atom. The summed E-state index contributed by atoms with van der Waals surface area (Å²) < 4.78 is 0. The number of aliphatic hydroxyl groups excluding tert-OH is 1. The highest BCUT2D eigenvalue weighted by molar-refractivity contribution is 5.88. The van der Waals surface area contributed by atoms with Gasteiger partial charge in [0, 0.05) is 11.3 Å². The molecule has 92 valence electrons. The van der Waals surface area contributed by atoms with Crippen LogP contribution in [0.5, 0.6) is 0 Å². The van der Waals surface area contributed by atoms with Gasteiger partial charge in [-0.15, -0.1) is 0 Å². The summed E-state index contributed by atoms with van der Waals surface area (Å²) in [6.45, 7) is 6.14. The monoisotopic (exact) mass is 234 g/mol. The van der Waals surface area contributed by atoms with Crippen molar-refractivity contribution in [2.24, 2.45) is 5.92 Å². The zero-order valence-corrected chi connectivity index (χ0v) is 10.4. The molecule has 5 heteroatoms. The van der Waals surface area contributed by atoms with Crippen LogP contribution in [-0.2, 0) is 13.0 Å². The summed E-state index contributed by atoms with van der Waals surface area (Å²) in [6.07, 6.45) is 0.908. The second kappa shape index (κ2) is 4.33. The van der Waals surface area contributed by atoms with Crippen molar-refractivity contribution in [3.8, 4) is 0 Å². The Kier molecular flexibility index (Phi) is 3.02. The number of rotatable bonds is 3. The van der Waals surface area contributed by atoms with E-state index in [9.17, 15) is 0 Å². The third kappa shape index (κ3) is 2.10. The van der Waals surface area contributed by atoms with E-state index >= 15 is 0 Å². The minimum absolute atomic E-state index is 0.117. The first kappa shape index (κ1) is 11.9. The SMILES string of the molecule is Cc1nc(N)c2[nH]c(CO)nc2c1CC(C)C. The smallest absolute Gasteiger partial charge is 0.149 e. The van der Waals surface area contributed by atoms with Crippen molar-refractivity contribution < 1.29 is 5.11 Å². The Morgan fingerprint density at radius 1 is 1.35 bits per heavy atom. The van der Waals surface area contributed by atoms with Gasteiger partial charge in [-0.3, -0.25) is 0 Å². The van der Waals surface area contributed by atoms with Crippen LogP contribution >= 0.6 is 0 Å². The number of aliphatic hydroxyl groups is 1. The number of nitrogen functional groups attached to an aromatic ring is 1. The summed E-state index contributed by atoms with van der Waals surface area (Å²) in [6, 6.07) is 0. The molecular formula is C12H18N4O. The summed E-state index contributed by atoms with van der Waals surface area (Å²) in [5.74, 6) is 1.50. The second-order valence-electron chi connectivity index (χ2n) is 4.72. The highest BCUT2D eigenvalue weighted by Gasteiger charge is 2.15. The zero-order chi connectivity index (χ0) is 12.6. The third-order valence-electron chi connectivity index (χ3n) is 2.78. The number of hydrogen-bond acceptors (Lipinski definition) is 4. The minimum atomic E-state index is -0.117. The Bertz CT molecular complexity index is 545. The lowest BCUT2D eigenvalue weighted by atomic mass is 10.0. The Balaban J connectivity index is 2.67. The lowest BCUT2D eigenvalue weighted by molar-refractivity contribution is 0.273. The molecule has 0 aromatic carbocycles. The molecule has 2 aromatic rings. The normalized spacial score (nSPS) is 11.6. The molecule has 0 saturated heterocycles. The van der Waals surface area contributed by atoms with Crippen molar-refractivity contribution >= 4 is 16.9 Å². The van der Waals surface area contributed by atoms with Crippen LogP contribution in [0, 0.1) is 12.8 Å². The predicted octanol–water partition coefficient (Wildman–Crippen LogP) is 1.54. The van der Waals surface area contributed by atoms with E-state index in [-0.39, 0.29) is 6.61 Å². The van der Waals surface area contributed by atoms with E-state index in [1.165, 1.54) is 0 Å². The maximum absolute atomic E-state index is 9.12. The largest absolute Gasteiger partial charge is 0.388 e. The molecule has 0 spiro atoms. The maximum atomic E-state index is 9.12. The highest BCUT2D eigenvalue weighted by Crippen LogP contribution is 2.25. The van der Waals surface area contributed by atoms with Gasteiger partial charge in [-0.1, -0.05) is 13.8 Å². The number of nitrogens with one attached hydrogen (secondary N) is 1. The molecule has 0 atom stereocenters. The Hall–Kier alpha value is -1.62. The first-order valence-electron chi connectivity index (χ1n) is 5.77. The van der Waals surface area contributed by atoms with Crippen molar-refractivity contribution in [2.45, 2.75) is 33.8 Å². The van der Waals surface area contributed by atoms with Gasteiger partial charge in [0.05, 0.1) is 5.52 Å². The lowest BCUT2D eigenvalue weighted by Crippen LogP contribution is -2.03. The van der Waals surface area contributed by atoms with Gasteiger partial charge in [-0.25, -0.2) is 9.97 Å². The van der Waals surface area contributed by atoms with E-state index in [2.05, 4.69) is 28.8 Å². The van der Waals surface area contributed by atoms with Gasteiger partial charge in [0.15, 0.2) is 0 Å². The Morgan fingerprint density at radius 2 is 2.06 bits per heavy atom. The van der Waals surface area contributed by atoms with Crippen LogP contribution < -0.4 is 5.73 Å². The number of nitrogens with two attached hydrogens (primary N) is 1. The van der Waals surface area contributed by atoms with E-state index in [4.69, 9.17) is 10.8 Å². The number of nitrogens with zero attached hydrogens (tertiary/aromatic N) is 2. The minimum Gasteiger partial charge on any atom is -0.388 e. The van der Waals surface area contributed by atoms with Crippen LogP contribution in [0.15, 0.2) is 0 Å². The number of hydrogen-bond donors (Lipinski definition) is 3. The maximum Gasteiger partial charge on any atom is 0.149 e. The fourth-order valence-electron chi connectivity index (χ4n) is 2.03. The molecule has 0 bridgehead atoms. The fourth-order valence-corrected chi connectivity index (χ4v) is 2.03. The molecule has 5 nitrogen and oxygen atoms in total.